The van der Waals surface area contributed by atoms with Gasteiger partial charge in [0.15, 0.2) is 5.89 Å². The van der Waals surface area contributed by atoms with E-state index in [9.17, 15) is 14.9 Å². The molecule has 4 heterocycles. The number of fused-ring (bicyclic) bond motifs is 6. The molecule has 2 aliphatic heterocycles. The van der Waals surface area contributed by atoms with Crippen molar-refractivity contribution >= 4 is 23.3 Å². The number of nitriles is 1. The number of carbonyl (C=O) groups excluding carboxylic acids is 2. The van der Waals surface area contributed by atoms with Gasteiger partial charge < -0.3 is 38.7 Å². The summed E-state index contributed by atoms with van der Waals surface area (Å²) >= 11 is 0. The number of amides is 1. The van der Waals surface area contributed by atoms with Crippen molar-refractivity contribution in [2.75, 3.05) is 44.1 Å². The number of aromatic nitrogens is 2. The van der Waals surface area contributed by atoms with Crippen molar-refractivity contribution in [2.24, 2.45) is 0 Å². The Hall–Kier alpha value is -6.39. The standard InChI is InChI=1S/C42H41N5O8/c1-26-45-33(25-54-26)12-15-53-38-20-32(42(49)50-2)18-36(44-23-34-13-16-51-34)41(38)47-39(48)21-30-11-10-29-19-37(30)52-14-4-5-28-17-27(22-43)8-9-31(28)24-55-40-7-3-6-35(29)46-40/h3,6-11,17-20,25,34,44H,4-5,12-16,21,23-24H2,1-2H3,(H,47,48)/t34-/m0/s1. The number of methoxy groups -OCH3 is 1. The lowest BCUT2D eigenvalue weighted by molar-refractivity contribution is -0.115. The van der Waals surface area contributed by atoms with Crippen LogP contribution in [0.5, 0.6) is 17.4 Å². The predicted octanol–water partition coefficient (Wildman–Crippen LogP) is 6.61. The lowest BCUT2D eigenvalue weighted by atomic mass is 10.0. The van der Waals surface area contributed by atoms with Crippen molar-refractivity contribution in [3.05, 3.63) is 112 Å². The largest absolute Gasteiger partial charge is 0.493 e. The van der Waals surface area contributed by atoms with Crippen molar-refractivity contribution in [2.45, 2.75) is 51.7 Å². The number of carbonyl (C=O) groups is 2. The maximum atomic E-state index is 14.0. The molecule has 55 heavy (non-hydrogen) atoms. The van der Waals surface area contributed by atoms with E-state index in [1.165, 1.54) is 7.11 Å². The summed E-state index contributed by atoms with van der Waals surface area (Å²) in [7, 11) is 1.31. The molecule has 0 aliphatic carbocycles. The Labute approximate surface area is 318 Å². The van der Waals surface area contributed by atoms with E-state index in [2.05, 4.69) is 21.7 Å². The number of pyridine rings is 1. The first kappa shape index (κ1) is 36.9. The van der Waals surface area contributed by atoms with Crippen molar-refractivity contribution in [1.82, 2.24) is 9.97 Å². The average Bonchev–Trinajstić information content (AvgIpc) is 3.60. The molecule has 0 saturated carbocycles. The Balaban J connectivity index is 1.16. The third kappa shape index (κ3) is 9.23. The smallest absolute Gasteiger partial charge is 0.338 e. The van der Waals surface area contributed by atoms with Crippen molar-refractivity contribution in [3.63, 3.8) is 0 Å². The first-order valence-corrected chi connectivity index (χ1v) is 18.2. The number of esters is 1. The molecule has 2 aromatic heterocycles. The summed E-state index contributed by atoms with van der Waals surface area (Å²) < 4.78 is 34.7. The second kappa shape index (κ2) is 17.2. The number of benzene rings is 3. The quantitative estimate of drug-likeness (QED) is 0.139. The van der Waals surface area contributed by atoms with Crippen LogP contribution in [0.2, 0.25) is 0 Å². The molecule has 0 spiro atoms. The summed E-state index contributed by atoms with van der Waals surface area (Å²) in [5.41, 5.74) is 6.55. The Morgan fingerprint density at radius 3 is 2.69 bits per heavy atom. The van der Waals surface area contributed by atoms with Crippen LogP contribution in [0.1, 0.15) is 57.0 Å². The van der Waals surface area contributed by atoms with Crippen LogP contribution >= 0.6 is 0 Å². The van der Waals surface area contributed by atoms with E-state index in [0.717, 1.165) is 23.1 Å². The van der Waals surface area contributed by atoms with E-state index >= 15 is 0 Å². The minimum Gasteiger partial charge on any atom is -0.493 e. The Morgan fingerprint density at radius 2 is 1.91 bits per heavy atom. The molecule has 0 unspecified atom stereocenters. The molecular weight excluding hydrogens is 702 g/mol. The number of anilines is 2. The zero-order chi connectivity index (χ0) is 38.1. The van der Waals surface area contributed by atoms with Crippen molar-refractivity contribution in [3.8, 4) is 34.7 Å². The van der Waals surface area contributed by atoms with Crippen LogP contribution in [0.4, 0.5) is 11.4 Å². The SMILES string of the molecule is COC(=O)c1cc(NC[C@@H]2CCO2)c(NC(=O)Cc2ccc3cc2OCCCc2cc(C#N)ccc2COc2cccc-3n2)c(OCCc2coc(C)n2)c1. The highest BCUT2D eigenvalue weighted by Crippen LogP contribution is 2.37. The van der Waals surface area contributed by atoms with Gasteiger partial charge in [0.2, 0.25) is 11.8 Å². The normalized spacial score (nSPS) is 14.7. The van der Waals surface area contributed by atoms with Crippen LogP contribution in [0, 0.1) is 18.3 Å². The predicted molar refractivity (Wildman–Crippen MR) is 202 cm³/mol. The maximum absolute atomic E-state index is 14.0. The molecule has 13 heteroatoms. The minimum atomic E-state index is -0.550. The first-order valence-electron chi connectivity index (χ1n) is 18.2. The molecule has 0 radical (unpaired) electrons. The molecule has 1 saturated heterocycles. The van der Waals surface area contributed by atoms with Gasteiger partial charge in [-0.25, -0.2) is 14.8 Å². The Kier molecular flexibility index (Phi) is 11.5. The zero-order valence-electron chi connectivity index (χ0n) is 30.7. The highest BCUT2D eigenvalue weighted by atomic mass is 16.5. The van der Waals surface area contributed by atoms with Gasteiger partial charge in [-0.1, -0.05) is 24.3 Å². The molecular formula is C42H41N5O8. The van der Waals surface area contributed by atoms with Crippen molar-refractivity contribution < 1.29 is 37.7 Å². The third-order valence-corrected chi connectivity index (χ3v) is 9.38. The maximum Gasteiger partial charge on any atom is 0.338 e. The minimum absolute atomic E-state index is 0.000891. The summed E-state index contributed by atoms with van der Waals surface area (Å²) in [4.78, 5) is 35.8. The Morgan fingerprint density at radius 1 is 1.02 bits per heavy atom. The molecule has 2 aliphatic rings. The molecule has 7 rings (SSSR count). The van der Waals surface area contributed by atoms with Gasteiger partial charge in [-0.3, -0.25) is 4.79 Å². The number of hydrogen-bond donors (Lipinski definition) is 2. The van der Waals surface area contributed by atoms with Gasteiger partial charge in [-0.15, -0.1) is 0 Å². The fourth-order valence-corrected chi connectivity index (χ4v) is 6.36. The fourth-order valence-electron chi connectivity index (χ4n) is 6.36. The van der Waals surface area contributed by atoms with Crippen LogP contribution in [0.3, 0.4) is 0 Å². The summed E-state index contributed by atoms with van der Waals surface area (Å²) in [6, 6.07) is 22.2. The molecule has 3 aromatic carbocycles. The van der Waals surface area contributed by atoms with Gasteiger partial charge in [0.1, 0.15) is 30.1 Å². The van der Waals surface area contributed by atoms with Gasteiger partial charge in [-0.2, -0.15) is 5.26 Å². The van der Waals surface area contributed by atoms with Gasteiger partial charge in [0.05, 0.1) is 67.1 Å². The molecule has 1 atom stereocenters. The molecule has 1 fully saturated rings. The van der Waals surface area contributed by atoms with E-state index in [-0.39, 0.29) is 36.4 Å². The number of nitrogens with zero attached hydrogens (tertiary/aromatic N) is 3. The molecule has 5 aromatic rings. The third-order valence-electron chi connectivity index (χ3n) is 9.38. The second-order valence-electron chi connectivity index (χ2n) is 13.3. The molecule has 282 valence electrons. The second-order valence-corrected chi connectivity index (χ2v) is 13.3. The summed E-state index contributed by atoms with van der Waals surface area (Å²) in [5, 5.41) is 15.9. The average molecular weight is 744 g/mol. The van der Waals surface area contributed by atoms with Crippen LogP contribution in [-0.4, -0.2) is 61.4 Å². The summed E-state index contributed by atoms with van der Waals surface area (Å²) in [6.07, 6.45) is 4.21. The first-order chi connectivity index (χ1) is 26.8. The number of rotatable bonds is 11. The van der Waals surface area contributed by atoms with E-state index in [0.29, 0.717) is 97.0 Å². The molecule has 1 amide bonds. The molecule has 13 nitrogen and oxygen atoms in total. The lowest BCUT2D eigenvalue weighted by Gasteiger charge is -2.28. The van der Waals surface area contributed by atoms with Gasteiger partial charge in [0.25, 0.3) is 0 Å². The van der Waals surface area contributed by atoms with Gasteiger partial charge in [-0.05, 0) is 66.8 Å². The van der Waals surface area contributed by atoms with Crippen LogP contribution in [-0.2, 0) is 40.1 Å². The highest BCUT2D eigenvalue weighted by molar-refractivity contribution is 6.00. The number of ether oxygens (including phenoxy) is 5. The van der Waals surface area contributed by atoms with E-state index in [1.807, 2.05) is 48.5 Å². The van der Waals surface area contributed by atoms with Crippen LogP contribution < -0.4 is 24.8 Å². The molecule has 2 N–H and O–H groups in total. The van der Waals surface area contributed by atoms with E-state index in [1.54, 1.807) is 31.4 Å². The Bertz CT molecular complexity index is 2220. The van der Waals surface area contributed by atoms with Crippen LogP contribution in [0.25, 0.3) is 11.3 Å². The zero-order valence-corrected chi connectivity index (χ0v) is 30.7. The highest BCUT2D eigenvalue weighted by Gasteiger charge is 2.23. The van der Waals surface area contributed by atoms with Gasteiger partial charge in [0, 0.05) is 43.7 Å². The monoisotopic (exact) mass is 743 g/mol. The number of aryl methyl sites for hydroxylation is 2. The molecule has 4 bridgehead atoms. The van der Waals surface area contributed by atoms with Crippen LogP contribution in [0.15, 0.2) is 77.4 Å². The fraction of sp³-hybridized carbons (Fsp3) is 0.310. The summed E-state index contributed by atoms with van der Waals surface area (Å²) in [5.74, 6) is 0.968. The number of nitrogens with one attached hydrogen (secondary N) is 2. The van der Waals surface area contributed by atoms with Gasteiger partial charge >= 0.3 is 5.97 Å². The number of hydrogen-bond acceptors (Lipinski definition) is 12. The van der Waals surface area contributed by atoms with E-state index in [4.69, 9.17) is 33.1 Å². The number of oxazole rings is 1. The topological polar surface area (TPSA) is 167 Å². The summed E-state index contributed by atoms with van der Waals surface area (Å²) in [6.45, 7) is 3.81. The van der Waals surface area contributed by atoms with Crippen molar-refractivity contribution in [1.29, 1.82) is 5.26 Å². The van der Waals surface area contributed by atoms with E-state index < -0.39 is 5.97 Å². The lowest BCUT2D eigenvalue weighted by Crippen LogP contribution is -2.33.